The second-order valence-electron chi connectivity index (χ2n) is 6.32. The Hall–Kier alpha value is -1.10. The molecule has 0 aromatic carbocycles. The van der Waals surface area contributed by atoms with E-state index in [0.717, 1.165) is 38.6 Å². The van der Waals surface area contributed by atoms with E-state index in [9.17, 15) is 9.59 Å². The summed E-state index contributed by atoms with van der Waals surface area (Å²) < 4.78 is 5.57. The minimum Gasteiger partial charge on any atom is -0.378 e. The third kappa shape index (κ3) is 2.22. The molecule has 3 aliphatic rings. The molecule has 3 saturated heterocycles. The summed E-state index contributed by atoms with van der Waals surface area (Å²) in [5.74, 6) is 0.296. The molecule has 3 rings (SSSR count). The van der Waals surface area contributed by atoms with E-state index in [1.54, 1.807) is 0 Å². The van der Waals surface area contributed by atoms with Gasteiger partial charge in [0.2, 0.25) is 11.8 Å². The highest BCUT2D eigenvalue weighted by molar-refractivity contribution is 5.97. The highest BCUT2D eigenvalue weighted by atomic mass is 16.5. The van der Waals surface area contributed by atoms with Crippen LogP contribution in [0.1, 0.15) is 46.0 Å². The van der Waals surface area contributed by atoms with Crippen molar-refractivity contribution in [1.29, 1.82) is 0 Å². The second-order valence-corrected chi connectivity index (χ2v) is 6.32. The smallest absolute Gasteiger partial charge is 0.246 e. The Kier molecular flexibility index (Phi) is 3.71. The number of piperazine rings is 1. The third-order valence-corrected chi connectivity index (χ3v) is 4.95. The molecule has 112 valence electrons. The van der Waals surface area contributed by atoms with Crippen LogP contribution in [0.15, 0.2) is 0 Å². The molecule has 0 spiro atoms. The minimum atomic E-state index is -0.313. The van der Waals surface area contributed by atoms with E-state index >= 15 is 0 Å². The van der Waals surface area contributed by atoms with E-state index in [4.69, 9.17) is 4.74 Å². The molecule has 5 heteroatoms. The van der Waals surface area contributed by atoms with Gasteiger partial charge in [-0.05, 0) is 46.0 Å². The van der Waals surface area contributed by atoms with Crippen LogP contribution >= 0.6 is 0 Å². The number of carbonyl (C=O) groups excluding carboxylic acids is 2. The molecule has 4 atom stereocenters. The van der Waals surface area contributed by atoms with Gasteiger partial charge in [-0.25, -0.2) is 0 Å². The summed E-state index contributed by atoms with van der Waals surface area (Å²) in [5.41, 5.74) is 0. The lowest BCUT2D eigenvalue weighted by molar-refractivity contribution is -0.168. The lowest BCUT2D eigenvalue weighted by Gasteiger charge is -2.49. The molecule has 0 aliphatic carbocycles. The van der Waals surface area contributed by atoms with Crippen LogP contribution in [-0.2, 0) is 14.3 Å². The topological polar surface area (TPSA) is 49.9 Å². The zero-order chi connectivity index (χ0) is 14.3. The monoisotopic (exact) mass is 280 g/mol. The average molecular weight is 280 g/mol. The van der Waals surface area contributed by atoms with Gasteiger partial charge in [-0.3, -0.25) is 9.59 Å². The Morgan fingerprint density at radius 1 is 1.10 bits per heavy atom. The number of ether oxygens (including phenoxy) is 1. The molecule has 0 bridgehead atoms. The fraction of sp³-hybridized carbons (Fsp3) is 0.867. The summed E-state index contributed by atoms with van der Waals surface area (Å²) in [4.78, 5) is 29.0. The van der Waals surface area contributed by atoms with Gasteiger partial charge in [0, 0.05) is 19.2 Å². The van der Waals surface area contributed by atoms with Crippen LogP contribution in [-0.4, -0.2) is 59.0 Å². The highest BCUT2D eigenvalue weighted by Crippen LogP contribution is 2.30. The quantitative estimate of drug-likeness (QED) is 0.724. The van der Waals surface area contributed by atoms with Crippen molar-refractivity contribution in [1.82, 2.24) is 9.80 Å². The van der Waals surface area contributed by atoms with E-state index < -0.39 is 0 Å². The first kappa shape index (κ1) is 13.9. The van der Waals surface area contributed by atoms with Gasteiger partial charge < -0.3 is 14.5 Å². The average Bonchev–Trinajstić information content (AvgIpc) is 2.45. The lowest BCUT2D eigenvalue weighted by Crippen LogP contribution is -2.67. The number of carbonyl (C=O) groups is 2. The number of hydrogen-bond donors (Lipinski definition) is 0. The molecule has 3 aliphatic heterocycles. The van der Waals surface area contributed by atoms with Gasteiger partial charge in [-0.15, -0.1) is 0 Å². The molecule has 0 aromatic heterocycles. The molecule has 3 heterocycles. The molecule has 0 aromatic rings. The van der Waals surface area contributed by atoms with Crippen LogP contribution in [0.3, 0.4) is 0 Å². The van der Waals surface area contributed by atoms with Crippen molar-refractivity contribution in [3.63, 3.8) is 0 Å². The van der Waals surface area contributed by atoms with E-state index in [2.05, 4.69) is 0 Å². The SMILES string of the molecule is CC1CC(N2C(=O)C3CCCCN3C(=O)C2C)CCO1. The van der Waals surface area contributed by atoms with Crippen molar-refractivity contribution in [3.8, 4) is 0 Å². The van der Waals surface area contributed by atoms with Gasteiger partial charge in [0.15, 0.2) is 0 Å². The standard InChI is InChI=1S/C15H24N2O3/c1-10-9-12(6-8-20-10)17-11(2)14(18)16-7-4-3-5-13(16)15(17)19/h10-13H,3-9H2,1-2H3. The van der Waals surface area contributed by atoms with Crippen LogP contribution in [0.4, 0.5) is 0 Å². The van der Waals surface area contributed by atoms with Gasteiger partial charge in [0.25, 0.3) is 0 Å². The fourth-order valence-electron chi connectivity index (χ4n) is 3.90. The highest BCUT2D eigenvalue weighted by Gasteiger charge is 2.47. The van der Waals surface area contributed by atoms with Crippen molar-refractivity contribution in [2.75, 3.05) is 13.2 Å². The van der Waals surface area contributed by atoms with Gasteiger partial charge in [0.05, 0.1) is 6.10 Å². The van der Waals surface area contributed by atoms with Crippen molar-refractivity contribution >= 4 is 11.8 Å². The van der Waals surface area contributed by atoms with Crippen LogP contribution < -0.4 is 0 Å². The molecular weight excluding hydrogens is 256 g/mol. The molecule has 4 unspecified atom stereocenters. The third-order valence-electron chi connectivity index (χ3n) is 4.95. The molecule has 3 fully saturated rings. The largest absolute Gasteiger partial charge is 0.378 e. The molecule has 0 saturated carbocycles. The summed E-state index contributed by atoms with van der Waals surface area (Å²) in [5, 5.41) is 0. The number of amides is 2. The number of piperidine rings is 1. The van der Waals surface area contributed by atoms with E-state index in [1.165, 1.54) is 0 Å². The van der Waals surface area contributed by atoms with Gasteiger partial charge in [0.1, 0.15) is 12.1 Å². The number of fused-ring (bicyclic) bond motifs is 1. The zero-order valence-electron chi connectivity index (χ0n) is 12.4. The van der Waals surface area contributed by atoms with Gasteiger partial charge >= 0.3 is 0 Å². The van der Waals surface area contributed by atoms with Crippen molar-refractivity contribution in [2.24, 2.45) is 0 Å². The molecule has 2 amide bonds. The van der Waals surface area contributed by atoms with E-state index in [1.807, 2.05) is 23.6 Å². The molecule has 20 heavy (non-hydrogen) atoms. The summed E-state index contributed by atoms with van der Waals surface area (Å²) in [6.07, 6.45) is 4.76. The van der Waals surface area contributed by atoms with E-state index in [0.29, 0.717) is 6.61 Å². The molecule has 0 N–H and O–H groups in total. The van der Waals surface area contributed by atoms with Crippen molar-refractivity contribution in [2.45, 2.75) is 70.2 Å². The summed E-state index contributed by atoms with van der Waals surface area (Å²) in [7, 11) is 0. The van der Waals surface area contributed by atoms with Crippen molar-refractivity contribution in [3.05, 3.63) is 0 Å². The first-order chi connectivity index (χ1) is 9.59. The van der Waals surface area contributed by atoms with Crippen LogP contribution in [0.25, 0.3) is 0 Å². The Morgan fingerprint density at radius 3 is 2.65 bits per heavy atom. The predicted molar refractivity (Wildman–Crippen MR) is 74.1 cm³/mol. The fourth-order valence-corrected chi connectivity index (χ4v) is 3.90. The number of nitrogens with zero attached hydrogens (tertiary/aromatic N) is 2. The first-order valence-corrected chi connectivity index (χ1v) is 7.84. The first-order valence-electron chi connectivity index (χ1n) is 7.84. The Labute approximate surface area is 120 Å². The molecular formula is C15H24N2O3. The number of hydrogen-bond acceptors (Lipinski definition) is 3. The van der Waals surface area contributed by atoms with Crippen LogP contribution in [0, 0.1) is 0 Å². The van der Waals surface area contributed by atoms with Crippen LogP contribution in [0.5, 0.6) is 0 Å². The Balaban J connectivity index is 1.82. The summed E-state index contributed by atoms with van der Waals surface area (Å²) >= 11 is 0. The lowest BCUT2D eigenvalue weighted by atomic mass is 9.92. The predicted octanol–water partition coefficient (Wildman–Crippen LogP) is 1.17. The van der Waals surface area contributed by atoms with Gasteiger partial charge in [-0.2, -0.15) is 0 Å². The Bertz CT molecular complexity index is 412. The summed E-state index contributed by atoms with van der Waals surface area (Å²) in [6, 6.07) is -0.355. The van der Waals surface area contributed by atoms with Gasteiger partial charge in [-0.1, -0.05) is 0 Å². The maximum absolute atomic E-state index is 12.8. The molecule has 5 nitrogen and oxygen atoms in total. The Morgan fingerprint density at radius 2 is 1.90 bits per heavy atom. The second kappa shape index (κ2) is 5.35. The maximum Gasteiger partial charge on any atom is 0.246 e. The van der Waals surface area contributed by atoms with E-state index in [-0.39, 0.29) is 36.0 Å². The number of rotatable bonds is 1. The van der Waals surface area contributed by atoms with Crippen molar-refractivity contribution < 1.29 is 14.3 Å². The van der Waals surface area contributed by atoms with Crippen LogP contribution in [0.2, 0.25) is 0 Å². The normalized spacial score (nSPS) is 38.9. The molecule has 0 radical (unpaired) electrons. The zero-order valence-corrected chi connectivity index (χ0v) is 12.4. The summed E-state index contributed by atoms with van der Waals surface area (Å²) in [6.45, 7) is 5.35. The minimum absolute atomic E-state index is 0.133. The maximum atomic E-state index is 12.8.